The lowest BCUT2D eigenvalue weighted by Gasteiger charge is -2.18. The van der Waals surface area contributed by atoms with Crippen LogP contribution in [0, 0.1) is 0 Å². The number of nitrogens with zero attached hydrogens (tertiary/aromatic N) is 1. The maximum absolute atomic E-state index is 11.9. The molecule has 0 aromatic heterocycles. The summed E-state index contributed by atoms with van der Waals surface area (Å²) >= 11 is 0. The predicted octanol–water partition coefficient (Wildman–Crippen LogP) is 0.969. The van der Waals surface area contributed by atoms with E-state index < -0.39 is 0 Å². The van der Waals surface area contributed by atoms with E-state index in [0.29, 0.717) is 25.4 Å². The molecule has 21 heavy (non-hydrogen) atoms. The van der Waals surface area contributed by atoms with E-state index in [-0.39, 0.29) is 25.0 Å². The summed E-state index contributed by atoms with van der Waals surface area (Å²) in [5.41, 5.74) is 7.24. The second kappa shape index (κ2) is 9.10. The molecular weight excluding hydrogens is 270 g/mol. The molecule has 0 bridgehead atoms. The molecule has 6 heteroatoms. The zero-order chi connectivity index (χ0) is 15.7. The van der Waals surface area contributed by atoms with Crippen LogP contribution < -0.4 is 11.1 Å². The molecule has 0 saturated heterocycles. The molecule has 0 aliphatic carbocycles. The summed E-state index contributed by atoms with van der Waals surface area (Å²) < 4.78 is 4.88. The van der Waals surface area contributed by atoms with Crippen LogP contribution in [0.3, 0.4) is 0 Å². The zero-order valence-electron chi connectivity index (χ0n) is 12.6. The molecule has 0 heterocycles. The number of esters is 1. The van der Waals surface area contributed by atoms with Gasteiger partial charge in [-0.2, -0.15) is 0 Å². The number of amides is 1. The van der Waals surface area contributed by atoms with Crippen molar-refractivity contribution >= 4 is 17.6 Å². The Morgan fingerprint density at radius 3 is 2.38 bits per heavy atom. The van der Waals surface area contributed by atoms with Gasteiger partial charge in [-0.25, -0.2) is 0 Å². The number of hydrogen-bond donors (Lipinski definition) is 2. The van der Waals surface area contributed by atoms with Gasteiger partial charge in [-0.3, -0.25) is 14.5 Å². The first-order valence-electron chi connectivity index (χ1n) is 7.05. The van der Waals surface area contributed by atoms with Gasteiger partial charge in [-0.05, 0) is 31.2 Å². The largest absolute Gasteiger partial charge is 0.465 e. The van der Waals surface area contributed by atoms with E-state index in [0.717, 1.165) is 5.56 Å². The molecule has 1 rings (SSSR count). The molecule has 0 spiro atoms. The van der Waals surface area contributed by atoms with Crippen LogP contribution in [-0.4, -0.2) is 43.0 Å². The monoisotopic (exact) mass is 293 g/mol. The Morgan fingerprint density at radius 2 is 1.86 bits per heavy atom. The van der Waals surface area contributed by atoms with Crippen LogP contribution in [0.4, 0.5) is 5.69 Å². The van der Waals surface area contributed by atoms with Gasteiger partial charge in [0.2, 0.25) is 5.91 Å². The molecule has 6 nitrogen and oxygen atoms in total. The molecule has 1 aromatic rings. The fraction of sp³-hybridized carbons (Fsp3) is 0.467. The van der Waals surface area contributed by atoms with Gasteiger partial charge >= 0.3 is 5.97 Å². The van der Waals surface area contributed by atoms with Crippen LogP contribution in [0.5, 0.6) is 0 Å². The molecule has 0 unspecified atom stereocenters. The van der Waals surface area contributed by atoms with Crippen LogP contribution in [0.2, 0.25) is 0 Å². The van der Waals surface area contributed by atoms with Crippen molar-refractivity contribution in [2.24, 2.45) is 5.73 Å². The second-order valence-corrected chi connectivity index (χ2v) is 4.56. The first kappa shape index (κ1) is 17.1. The van der Waals surface area contributed by atoms with E-state index in [1.54, 1.807) is 11.8 Å². The number of nitrogens with one attached hydrogen (secondary N) is 1. The third kappa shape index (κ3) is 6.37. The normalized spacial score (nSPS) is 10.5. The third-order valence-electron chi connectivity index (χ3n) is 2.95. The summed E-state index contributed by atoms with van der Waals surface area (Å²) in [5.74, 6) is -0.485. The molecule has 0 aliphatic rings. The van der Waals surface area contributed by atoms with Gasteiger partial charge in [-0.1, -0.05) is 19.1 Å². The number of carbonyl (C=O) groups excluding carboxylic acids is 2. The molecule has 1 amide bonds. The van der Waals surface area contributed by atoms with E-state index in [1.807, 2.05) is 31.2 Å². The molecule has 0 aliphatic heterocycles. The van der Waals surface area contributed by atoms with Gasteiger partial charge in [0.25, 0.3) is 0 Å². The Bertz CT molecular complexity index is 460. The van der Waals surface area contributed by atoms with E-state index in [1.165, 1.54) is 0 Å². The first-order valence-corrected chi connectivity index (χ1v) is 7.05. The van der Waals surface area contributed by atoms with Crippen molar-refractivity contribution in [1.82, 2.24) is 4.90 Å². The summed E-state index contributed by atoms with van der Waals surface area (Å²) in [4.78, 5) is 25.1. The first-order chi connectivity index (χ1) is 10.1. The zero-order valence-corrected chi connectivity index (χ0v) is 12.6. The molecule has 116 valence electrons. The summed E-state index contributed by atoms with van der Waals surface area (Å²) in [5, 5.41) is 2.79. The molecule has 0 atom stereocenters. The number of rotatable bonds is 8. The van der Waals surface area contributed by atoms with Crippen molar-refractivity contribution in [2.45, 2.75) is 20.4 Å². The summed E-state index contributed by atoms with van der Waals surface area (Å²) in [7, 11) is 0. The smallest absolute Gasteiger partial charge is 0.320 e. The minimum absolute atomic E-state index is 0.115. The van der Waals surface area contributed by atoms with Gasteiger partial charge in [-0.15, -0.1) is 0 Å². The minimum Gasteiger partial charge on any atom is -0.465 e. The number of carbonyl (C=O) groups is 2. The predicted molar refractivity (Wildman–Crippen MR) is 81.7 cm³/mol. The lowest BCUT2D eigenvalue weighted by atomic mass is 10.2. The number of nitrogens with two attached hydrogens (primary N) is 1. The number of anilines is 1. The van der Waals surface area contributed by atoms with Crippen molar-refractivity contribution in [3.8, 4) is 0 Å². The fourth-order valence-corrected chi connectivity index (χ4v) is 1.80. The Balaban J connectivity index is 2.48. The molecule has 0 radical (unpaired) electrons. The van der Waals surface area contributed by atoms with Crippen molar-refractivity contribution in [2.75, 3.05) is 31.6 Å². The highest BCUT2D eigenvalue weighted by Gasteiger charge is 2.13. The van der Waals surface area contributed by atoms with Crippen molar-refractivity contribution in [3.05, 3.63) is 29.8 Å². The van der Waals surface area contributed by atoms with Crippen LogP contribution in [0.25, 0.3) is 0 Å². The Labute approximate surface area is 125 Å². The van der Waals surface area contributed by atoms with Gasteiger partial charge < -0.3 is 15.8 Å². The van der Waals surface area contributed by atoms with E-state index in [4.69, 9.17) is 10.5 Å². The van der Waals surface area contributed by atoms with Crippen molar-refractivity contribution in [1.29, 1.82) is 0 Å². The average Bonchev–Trinajstić information content (AvgIpc) is 2.47. The van der Waals surface area contributed by atoms with Crippen molar-refractivity contribution in [3.63, 3.8) is 0 Å². The van der Waals surface area contributed by atoms with Crippen LogP contribution in [0.15, 0.2) is 24.3 Å². The number of hydrogen-bond acceptors (Lipinski definition) is 5. The van der Waals surface area contributed by atoms with Gasteiger partial charge in [0.1, 0.15) is 0 Å². The van der Waals surface area contributed by atoms with E-state index in [9.17, 15) is 9.59 Å². The number of likely N-dealkylation sites (N-methyl/N-ethyl adjacent to an activating group) is 1. The Kier molecular flexibility index (Phi) is 7.42. The lowest BCUT2D eigenvalue weighted by molar-refractivity contribution is -0.144. The molecule has 3 N–H and O–H groups in total. The topological polar surface area (TPSA) is 84.7 Å². The maximum atomic E-state index is 11.9. The standard InChI is InChI=1S/C15H23N3O3/c1-3-18(11-15(20)21-4-2)10-14(19)17-13-7-5-12(9-16)6-8-13/h5-8H,3-4,9-11,16H2,1-2H3,(H,17,19). The summed E-state index contributed by atoms with van der Waals surface area (Å²) in [6, 6.07) is 7.35. The highest BCUT2D eigenvalue weighted by atomic mass is 16.5. The third-order valence-corrected chi connectivity index (χ3v) is 2.95. The van der Waals surface area contributed by atoms with Gasteiger partial charge in [0.05, 0.1) is 19.7 Å². The van der Waals surface area contributed by atoms with Crippen molar-refractivity contribution < 1.29 is 14.3 Å². The van der Waals surface area contributed by atoms with Gasteiger partial charge in [0.15, 0.2) is 0 Å². The van der Waals surface area contributed by atoms with E-state index in [2.05, 4.69) is 5.32 Å². The summed E-state index contributed by atoms with van der Waals surface area (Å²) in [6.07, 6.45) is 0. The molecule has 0 fully saturated rings. The molecule has 1 aromatic carbocycles. The van der Waals surface area contributed by atoms with Gasteiger partial charge in [0, 0.05) is 12.2 Å². The van der Waals surface area contributed by atoms with Crippen LogP contribution >= 0.6 is 0 Å². The van der Waals surface area contributed by atoms with Crippen LogP contribution in [-0.2, 0) is 20.9 Å². The highest BCUT2D eigenvalue weighted by molar-refractivity contribution is 5.92. The average molecular weight is 293 g/mol. The molecular formula is C15H23N3O3. The van der Waals surface area contributed by atoms with E-state index >= 15 is 0 Å². The highest BCUT2D eigenvalue weighted by Crippen LogP contribution is 2.09. The molecule has 0 saturated carbocycles. The number of ether oxygens (including phenoxy) is 1. The van der Waals surface area contributed by atoms with Crippen LogP contribution in [0.1, 0.15) is 19.4 Å². The Hall–Kier alpha value is -1.92. The Morgan fingerprint density at radius 1 is 1.19 bits per heavy atom. The quantitative estimate of drug-likeness (QED) is 0.698. The SMILES string of the molecule is CCOC(=O)CN(CC)CC(=O)Nc1ccc(CN)cc1. The summed E-state index contributed by atoms with van der Waals surface area (Å²) in [6.45, 7) is 5.32. The minimum atomic E-state index is -0.320. The fourth-order valence-electron chi connectivity index (χ4n) is 1.80. The lowest BCUT2D eigenvalue weighted by Crippen LogP contribution is -2.37. The number of benzene rings is 1. The second-order valence-electron chi connectivity index (χ2n) is 4.56. The maximum Gasteiger partial charge on any atom is 0.320 e.